The van der Waals surface area contributed by atoms with Crippen LogP contribution in [0, 0.1) is 0 Å². The molecule has 1 unspecified atom stereocenters. The maximum absolute atomic E-state index is 12.3. The average Bonchev–Trinajstić information content (AvgIpc) is 2.98. The smallest absolute Gasteiger partial charge is 0.251 e. The zero-order chi connectivity index (χ0) is 15.2. The van der Waals surface area contributed by atoms with Crippen LogP contribution in [0.5, 0.6) is 11.5 Å². The zero-order valence-electron chi connectivity index (χ0n) is 12.4. The van der Waals surface area contributed by atoms with Crippen molar-refractivity contribution in [2.75, 3.05) is 26.8 Å². The Morgan fingerprint density at radius 3 is 2.95 bits per heavy atom. The second-order valence-electron chi connectivity index (χ2n) is 5.00. The maximum Gasteiger partial charge on any atom is 0.251 e. The fourth-order valence-electron chi connectivity index (χ4n) is 2.24. The molecule has 0 bridgehead atoms. The molecule has 1 heterocycles. The number of amides is 1. The van der Waals surface area contributed by atoms with Crippen molar-refractivity contribution in [3.05, 3.63) is 22.7 Å². The largest absolute Gasteiger partial charge is 0.493 e. The molecule has 1 fully saturated rings. The lowest BCUT2D eigenvalue weighted by Gasteiger charge is -2.15. The number of ether oxygens (including phenoxy) is 2. The van der Waals surface area contributed by atoms with Gasteiger partial charge < -0.3 is 20.1 Å². The van der Waals surface area contributed by atoms with Gasteiger partial charge in [-0.05, 0) is 31.5 Å². The molecule has 1 aliphatic rings. The van der Waals surface area contributed by atoms with E-state index in [1.165, 1.54) is 7.11 Å². The van der Waals surface area contributed by atoms with Crippen LogP contribution in [0.4, 0.5) is 0 Å². The summed E-state index contributed by atoms with van der Waals surface area (Å²) in [5.41, 5.74) is 0.479. The average molecular weight is 313 g/mol. The molecule has 0 spiro atoms. The minimum absolute atomic E-state index is 0.147. The monoisotopic (exact) mass is 312 g/mol. The Morgan fingerprint density at radius 2 is 2.33 bits per heavy atom. The zero-order valence-corrected chi connectivity index (χ0v) is 13.1. The summed E-state index contributed by atoms with van der Waals surface area (Å²) in [5, 5.41) is 6.58. The van der Waals surface area contributed by atoms with Crippen LogP contribution in [-0.2, 0) is 0 Å². The summed E-state index contributed by atoms with van der Waals surface area (Å²) in [6.07, 6.45) is 1.81. The first kappa shape index (κ1) is 15.9. The van der Waals surface area contributed by atoms with Gasteiger partial charge in [-0.3, -0.25) is 4.79 Å². The Kier molecular flexibility index (Phi) is 5.70. The minimum Gasteiger partial charge on any atom is -0.493 e. The lowest BCUT2D eigenvalue weighted by Crippen LogP contribution is -2.36. The number of hydrogen-bond donors (Lipinski definition) is 2. The van der Waals surface area contributed by atoms with E-state index < -0.39 is 0 Å². The molecule has 21 heavy (non-hydrogen) atoms. The molecular formula is C15H21ClN2O3. The summed E-state index contributed by atoms with van der Waals surface area (Å²) in [6, 6.07) is 3.44. The van der Waals surface area contributed by atoms with Crippen molar-refractivity contribution >= 4 is 17.5 Å². The maximum atomic E-state index is 12.3. The second kappa shape index (κ2) is 7.52. The van der Waals surface area contributed by atoms with Crippen LogP contribution in [0.2, 0.25) is 5.02 Å². The quantitative estimate of drug-likeness (QED) is 0.845. The molecule has 116 valence electrons. The van der Waals surface area contributed by atoms with Crippen LogP contribution < -0.4 is 20.1 Å². The Bertz CT molecular complexity index is 502. The highest BCUT2D eigenvalue weighted by molar-refractivity contribution is 6.32. The third kappa shape index (κ3) is 4.02. The van der Waals surface area contributed by atoms with Crippen molar-refractivity contribution in [3.63, 3.8) is 0 Å². The van der Waals surface area contributed by atoms with Gasteiger partial charge in [-0.2, -0.15) is 0 Å². The first-order valence-corrected chi connectivity index (χ1v) is 7.55. The predicted octanol–water partition coefficient (Wildman–Crippen LogP) is 2.23. The van der Waals surface area contributed by atoms with Gasteiger partial charge in [-0.1, -0.05) is 18.5 Å². The molecular weight excluding hydrogens is 292 g/mol. The molecule has 0 radical (unpaired) electrons. The van der Waals surface area contributed by atoms with Gasteiger partial charge in [0.25, 0.3) is 5.91 Å². The van der Waals surface area contributed by atoms with Crippen molar-refractivity contribution in [2.24, 2.45) is 0 Å². The molecule has 1 saturated heterocycles. The molecule has 0 saturated carbocycles. The number of carbonyl (C=O) groups excluding carboxylic acids is 1. The van der Waals surface area contributed by atoms with Gasteiger partial charge in [-0.15, -0.1) is 0 Å². The van der Waals surface area contributed by atoms with Gasteiger partial charge in [-0.25, -0.2) is 0 Å². The molecule has 1 atom stereocenters. The number of rotatable bonds is 6. The molecule has 1 aromatic carbocycles. The van der Waals surface area contributed by atoms with Crippen LogP contribution >= 0.6 is 11.6 Å². The lowest BCUT2D eigenvalue weighted by atomic mass is 10.1. The number of methoxy groups -OCH3 is 1. The van der Waals surface area contributed by atoms with Crippen molar-refractivity contribution in [2.45, 2.75) is 25.8 Å². The van der Waals surface area contributed by atoms with E-state index in [0.29, 0.717) is 28.7 Å². The van der Waals surface area contributed by atoms with Crippen LogP contribution in [-0.4, -0.2) is 38.8 Å². The van der Waals surface area contributed by atoms with Gasteiger partial charge in [0.1, 0.15) is 0 Å². The number of nitrogens with one attached hydrogen (secondary N) is 2. The van der Waals surface area contributed by atoms with Gasteiger partial charge >= 0.3 is 0 Å². The third-order valence-electron chi connectivity index (χ3n) is 3.34. The van der Waals surface area contributed by atoms with Crippen molar-refractivity contribution in [3.8, 4) is 11.5 Å². The molecule has 2 rings (SSSR count). The normalized spacial score (nSPS) is 17.6. The summed E-state index contributed by atoms with van der Waals surface area (Å²) < 4.78 is 10.9. The van der Waals surface area contributed by atoms with Crippen LogP contribution in [0.1, 0.15) is 30.1 Å². The SMILES string of the molecule is CCCOc1c(Cl)cc(C(=O)NC2CCNC2)cc1OC. The molecule has 1 aromatic rings. The summed E-state index contributed by atoms with van der Waals surface area (Å²) in [4.78, 5) is 12.3. The Hall–Kier alpha value is -1.46. The van der Waals surface area contributed by atoms with Crippen LogP contribution in [0.25, 0.3) is 0 Å². The molecule has 6 heteroatoms. The highest BCUT2D eigenvalue weighted by Crippen LogP contribution is 2.36. The van der Waals surface area contributed by atoms with E-state index in [9.17, 15) is 4.79 Å². The Balaban J connectivity index is 2.16. The van der Waals surface area contributed by atoms with E-state index >= 15 is 0 Å². The highest BCUT2D eigenvalue weighted by Gasteiger charge is 2.20. The minimum atomic E-state index is -0.147. The fraction of sp³-hybridized carbons (Fsp3) is 0.533. The number of halogens is 1. The second-order valence-corrected chi connectivity index (χ2v) is 5.41. The Labute approximate surface area is 130 Å². The molecule has 0 aliphatic carbocycles. The molecule has 1 amide bonds. The van der Waals surface area contributed by atoms with E-state index in [-0.39, 0.29) is 11.9 Å². The van der Waals surface area contributed by atoms with E-state index in [0.717, 1.165) is 25.9 Å². The van der Waals surface area contributed by atoms with E-state index in [1.807, 2.05) is 6.92 Å². The van der Waals surface area contributed by atoms with Crippen molar-refractivity contribution < 1.29 is 14.3 Å². The van der Waals surface area contributed by atoms with Gasteiger partial charge in [0.05, 0.1) is 18.7 Å². The Morgan fingerprint density at radius 1 is 1.52 bits per heavy atom. The molecule has 0 aromatic heterocycles. The van der Waals surface area contributed by atoms with Crippen molar-refractivity contribution in [1.29, 1.82) is 0 Å². The summed E-state index contributed by atoms with van der Waals surface area (Å²) >= 11 is 6.21. The van der Waals surface area contributed by atoms with Gasteiger partial charge in [0.2, 0.25) is 0 Å². The number of hydrogen-bond acceptors (Lipinski definition) is 4. The topological polar surface area (TPSA) is 59.6 Å². The summed E-state index contributed by atoms with van der Waals surface area (Å²) in [7, 11) is 1.53. The van der Waals surface area contributed by atoms with E-state index in [2.05, 4.69) is 10.6 Å². The van der Waals surface area contributed by atoms with E-state index in [4.69, 9.17) is 21.1 Å². The number of carbonyl (C=O) groups is 1. The number of benzene rings is 1. The third-order valence-corrected chi connectivity index (χ3v) is 3.62. The predicted molar refractivity (Wildman–Crippen MR) is 82.5 cm³/mol. The van der Waals surface area contributed by atoms with Crippen LogP contribution in [0.15, 0.2) is 12.1 Å². The molecule has 2 N–H and O–H groups in total. The summed E-state index contributed by atoms with van der Waals surface area (Å²) in [6.45, 7) is 4.29. The molecule has 5 nitrogen and oxygen atoms in total. The van der Waals surface area contributed by atoms with Gasteiger partial charge in [0.15, 0.2) is 11.5 Å². The first-order valence-electron chi connectivity index (χ1n) is 7.17. The summed E-state index contributed by atoms with van der Waals surface area (Å²) in [5.74, 6) is 0.816. The van der Waals surface area contributed by atoms with Crippen LogP contribution in [0.3, 0.4) is 0 Å². The van der Waals surface area contributed by atoms with Crippen molar-refractivity contribution in [1.82, 2.24) is 10.6 Å². The lowest BCUT2D eigenvalue weighted by molar-refractivity contribution is 0.0939. The first-order chi connectivity index (χ1) is 10.2. The molecule has 1 aliphatic heterocycles. The highest BCUT2D eigenvalue weighted by atomic mass is 35.5. The van der Waals surface area contributed by atoms with Gasteiger partial charge in [0, 0.05) is 18.2 Å². The fourth-order valence-corrected chi connectivity index (χ4v) is 2.51. The standard InChI is InChI=1S/C15H21ClN2O3/c1-3-6-21-14-12(16)7-10(8-13(14)20-2)15(19)18-11-4-5-17-9-11/h7-8,11,17H,3-6,9H2,1-2H3,(H,18,19). The van der Waals surface area contributed by atoms with E-state index in [1.54, 1.807) is 12.1 Å².